The monoisotopic (exact) mass is 313 g/mol. The van der Waals surface area contributed by atoms with E-state index in [0.717, 1.165) is 0 Å². The molecule has 1 aromatic heterocycles. The minimum Gasteiger partial charge on any atom is -0.478 e. The molecule has 0 unspecified atom stereocenters. The minimum absolute atomic E-state index is 0.0192. The van der Waals surface area contributed by atoms with Crippen LogP contribution < -0.4 is 5.32 Å². The van der Waals surface area contributed by atoms with Crippen molar-refractivity contribution in [2.24, 2.45) is 0 Å². The number of nitrogens with one attached hydrogen (secondary N) is 2. The van der Waals surface area contributed by atoms with Crippen molar-refractivity contribution in [2.75, 3.05) is 5.32 Å². The SMILES string of the molecule is Cc1cc(C(=O)Nc2c(Cl)cc(Cl)cc2C(=O)O)n[nH]1. The number of carbonyl (C=O) groups excluding carboxylic acids is 1. The van der Waals surface area contributed by atoms with Crippen molar-refractivity contribution < 1.29 is 14.7 Å². The summed E-state index contributed by atoms with van der Waals surface area (Å²) in [5.74, 6) is -1.82. The second-order valence-corrected chi connectivity index (χ2v) is 4.85. The number of carboxylic acid groups (broad SMARTS) is 1. The topological polar surface area (TPSA) is 95.1 Å². The molecule has 0 aliphatic heterocycles. The summed E-state index contributed by atoms with van der Waals surface area (Å²) in [5, 5.41) is 18.1. The van der Waals surface area contributed by atoms with Gasteiger partial charge in [0.2, 0.25) is 0 Å². The molecule has 0 radical (unpaired) electrons. The number of benzene rings is 1. The molecular weight excluding hydrogens is 305 g/mol. The number of aromatic carboxylic acids is 1. The highest BCUT2D eigenvalue weighted by Crippen LogP contribution is 2.30. The molecule has 1 aromatic carbocycles. The summed E-state index contributed by atoms with van der Waals surface area (Å²) in [4.78, 5) is 23.1. The van der Waals surface area contributed by atoms with Gasteiger partial charge in [0.1, 0.15) is 0 Å². The highest BCUT2D eigenvalue weighted by atomic mass is 35.5. The van der Waals surface area contributed by atoms with Gasteiger partial charge in [-0.3, -0.25) is 9.89 Å². The van der Waals surface area contributed by atoms with Crippen LogP contribution in [0.2, 0.25) is 10.0 Å². The first-order valence-corrected chi connectivity index (χ1v) is 6.20. The molecule has 3 N–H and O–H groups in total. The smallest absolute Gasteiger partial charge is 0.337 e. The van der Waals surface area contributed by atoms with Crippen LogP contribution in [0.4, 0.5) is 5.69 Å². The van der Waals surface area contributed by atoms with Gasteiger partial charge in [0.15, 0.2) is 5.69 Å². The fraction of sp³-hybridized carbons (Fsp3) is 0.0833. The molecule has 0 atom stereocenters. The van der Waals surface area contributed by atoms with E-state index in [1.54, 1.807) is 6.92 Å². The summed E-state index contributed by atoms with van der Waals surface area (Å²) in [6, 6.07) is 4.09. The van der Waals surface area contributed by atoms with E-state index in [2.05, 4.69) is 15.5 Å². The molecule has 1 amide bonds. The molecule has 0 aliphatic carbocycles. The van der Waals surface area contributed by atoms with Crippen LogP contribution in [0.15, 0.2) is 18.2 Å². The lowest BCUT2D eigenvalue weighted by Gasteiger charge is -2.10. The lowest BCUT2D eigenvalue weighted by atomic mass is 10.1. The molecule has 0 bridgehead atoms. The lowest BCUT2D eigenvalue weighted by molar-refractivity contribution is 0.0698. The number of H-pyrrole nitrogens is 1. The van der Waals surface area contributed by atoms with Gasteiger partial charge in [-0.05, 0) is 25.1 Å². The van der Waals surface area contributed by atoms with Crippen molar-refractivity contribution >= 4 is 40.8 Å². The van der Waals surface area contributed by atoms with Crippen LogP contribution in [0.5, 0.6) is 0 Å². The predicted octanol–water partition coefficient (Wildman–Crippen LogP) is 2.98. The number of anilines is 1. The Labute approximate surface area is 123 Å². The highest BCUT2D eigenvalue weighted by molar-refractivity contribution is 6.38. The number of hydrogen-bond donors (Lipinski definition) is 3. The quantitative estimate of drug-likeness (QED) is 0.811. The Morgan fingerprint density at radius 3 is 2.55 bits per heavy atom. The second kappa shape index (κ2) is 5.52. The number of amides is 1. The van der Waals surface area contributed by atoms with Crippen molar-refractivity contribution in [3.8, 4) is 0 Å². The number of halogens is 2. The third-order valence-corrected chi connectivity index (χ3v) is 2.98. The summed E-state index contributed by atoms with van der Waals surface area (Å²) >= 11 is 11.7. The van der Waals surface area contributed by atoms with Gasteiger partial charge >= 0.3 is 5.97 Å². The van der Waals surface area contributed by atoms with E-state index in [-0.39, 0.29) is 27.0 Å². The average Bonchev–Trinajstić information content (AvgIpc) is 2.78. The second-order valence-electron chi connectivity index (χ2n) is 4.01. The molecule has 6 nitrogen and oxygen atoms in total. The summed E-state index contributed by atoms with van der Waals surface area (Å²) in [6.07, 6.45) is 0. The van der Waals surface area contributed by atoms with Crippen molar-refractivity contribution in [1.82, 2.24) is 10.2 Å². The zero-order valence-electron chi connectivity index (χ0n) is 10.2. The van der Waals surface area contributed by atoms with Gasteiger partial charge in [0.05, 0.1) is 16.3 Å². The number of carboxylic acids is 1. The predicted molar refractivity (Wildman–Crippen MR) is 74.7 cm³/mol. The summed E-state index contributed by atoms with van der Waals surface area (Å²) in [6.45, 7) is 1.74. The van der Waals surface area contributed by atoms with Gasteiger partial charge in [-0.15, -0.1) is 0 Å². The molecule has 1 heterocycles. The molecule has 104 valence electrons. The van der Waals surface area contributed by atoms with E-state index in [1.165, 1.54) is 18.2 Å². The van der Waals surface area contributed by atoms with Crippen LogP contribution in [0.1, 0.15) is 26.5 Å². The number of nitrogens with zero attached hydrogens (tertiary/aromatic N) is 1. The lowest BCUT2D eigenvalue weighted by Crippen LogP contribution is -2.15. The number of aryl methyl sites for hydroxylation is 1. The number of aromatic nitrogens is 2. The molecular formula is C12H9Cl2N3O3. The van der Waals surface area contributed by atoms with Gasteiger partial charge in [-0.1, -0.05) is 23.2 Å². The van der Waals surface area contributed by atoms with Gasteiger partial charge in [-0.2, -0.15) is 5.10 Å². The van der Waals surface area contributed by atoms with Crippen molar-refractivity contribution in [2.45, 2.75) is 6.92 Å². The van der Waals surface area contributed by atoms with Crippen molar-refractivity contribution in [3.05, 3.63) is 45.2 Å². The molecule has 2 rings (SSSR count). The third kappa shape index (κ3) is 2.92. The zero-order chi connectivity index (χ0) is 14.9. The molecule has 0 saturated heterocycles. The molecule has 2 aromatic rings. The summed E-state index contributed by atoms with van der Waals surface area (Å²) < 4.78 is 0. The van der Waals surface area contributed by atoms with E-state index in [1.807, 2.05) is 0 Å². The largest absolute Gasteiger partial charge is 0.478 e. The Morgan fingerprint density at radius 2 is 2.00 bits per heavy atom. The minimum atomic E-state index is -1.25. The molecule has 0 fully saturated rings. The summed E-state index contributed by atoms with van der Waals surface area (Å²) in [5.41, 5.74) is 0.623. The standard InChI is InChI=1S/C12H9Cl2N3O3/c1-5-2-9(17-16-5)11(18)15-10-7(12(19)20)3-6(13)4-8(10)14/h2-4H,1H3,(H,15,18)(H,16,17)(H,19,20). The Kier molecular flexibility index (Phi) is 3.96. The van der Waals surface area contributed by atoms with Crippen molar-refractivity contribution in [3.63, 3.8) is 0 Å². The maximum absolute atomic E-state index is 12.0. The third-order valence-electron chi connectivity index (χ3n) is 2.46. The van der Waals surface area contributed by atoms with Gasteiger partial charge in [0, 0.05) is 10.7 Å². The van der Waals surface area contributed by atoms with Crippen LogP contribution in [-0.2, 0) is 0 Å². The Morgan fingerprint density at radius 1 is 1.30 bits per heavy atom. The first-order valence-electron chi connectivity index (χ1n) is 5.44. The van der Waals surface area contributed by atoms with Crippen molar-refractivity contribution in [1.29, 1.82) is 0 Å². The number of aromatic amines is 1. The zero-order valence-corrected chi connectivity index (χ0v) is 11.7. The van der Waals surface area contributed by atoms with Crippen LogP contribution in [0.3, 0.4) is 0 Å². The Balaban J connectivity index is 2.38. The number of hydrogen-bond acceptors (Lipinski definition) is 3. The van der Waals surface area contributed by atoms with Crippen LogP contribution in [0, 0.1) is 6.92 Å². The summed E-state index contributed by atoms with van der Waals surface area (Å²) in [7, 11) is 0. The molecule has 8 heteroatoms. The molecule has 0 saturated carbocycles. The number of carbonyl (C=O) groups is 2. The van der Waals surface area contributed by atoms with Crippen LogP contribution in [-0.4, -0.2) is 27.2 Å². The van der Waals surface area contributed by atoms with E-state index in [4.69, 9.17) is 28.3 Å². The number of rotatable bonds is 3. The fourth-order valence-corrected chi connectivity index (χ4v) is 2.12. The molecule has 0 spiro atoms. The van der Waals surface area contributed by atoms with Gasteiger partial charge in [-0.25, -0.2) is 4.79 Å². The molecule has 20 heavy (non-hydrogen) atoms. The highest BCUT2D eigenvalue weighted by Gasteiger charge is 2.19. The fourth-order valence-electron chi connectivity index (χ4n) is 1.58. The normalized spacial score (nSPS) is 10.3. The van der Waals surface area contributed by atoms with Crippen LogP contribution in [0.25, 0.3) is 0 Å². The van der Waals surface area contributed by atoms with Gasteiger partial charge in [0.25, 0.3) is 5.91 Å². The van der Waals surface area contributed by atoms with Crippen LogP contribution >= 0.6 is 23.2 Å². The molecule has 0 aliphatic rings. The maximum atomic E-state index is 12.0. The first-order chi connectivity index (χ1) is 9.38. The van der Waals surface area contributed by atoms with E-state index in [9.17, 15) is 9.59 Å². The van der Waals surface area contributed by atoms with E-state index < -0.39 is 11.9 Å². The van der Waals surface area contributed by atoms with Gasteiger partial charge < -0.3 is 10.4 Å². The Bertz CT molecular complexity index is 697. The first kappa shape index (κ1) is 14.4. The van der Waals surface area contributed by atoms with E-state index >= 15 is 0 Å². The maximum Gasteiger partial charge on any atom is 0.337 e. The Hall–Kier alpha value is -2.05. The van der Waals surface area contributed by atoms with E-state index in [0.29, 0.717) is 5.69 Å². The average molecular weight is 314 g/mol.